The summed E-state index contributed by atoms with van der Waals surface area (Å²) in [6.07, 6.45) is 0.642. The lowest BCUT2D eigenvalue weighted by Crippen LogP contribution is -2.11. The summed E-state index contributed by atoms with van der Waals surface area (Å²) in [5, 5.41) is 4.04. The van der Waals surface area contributed by atoms with Crippen molar-refractivity contribution in [2.75, 3.05) is 7.11 Å². The van der Waals surface area contributed by atoms with Crippen LogP contribution in [0.25, 0.3) is 0 Å². The second-order valence-electron chi connectivity index (χ2n) is 4.62. The van der Waals surface area contributed by atoms with Crippen molar-refractivity contribution in [3.63, 3.8) is 0 Å². The first-order valence-electron chi connectivity index (χ1n) is 6.17. The Labute approximate surface area is 124 Å². The van der Waals surface area contributed by atoms with E-state index in [4.69, 9.17) is 16.3 Å². The summed E-state index contributed by atoms with van der Waals surface area (Å²) in [5.74, 6) is -0.720. The third-order valence-electron chi connectivity index (χ3n) is 3.56. The minimum atomic E-state index is -0.332. The van der Waals surface area contributed by atoms with Crippen LogP contribution in [0.2, 0.25) is 5.02 Å². The first-order valence-corrected chi connectivity index (χ1v) is 7.49. The van der Waals surface area contributed by atoms with E-state index in [9.17, 15) is 9.59 Å². The molecule has 1 unspecified atom stereocenters. The topological polar surface area (TPSA) is 48.3 Å². The van der Waals surface area contributed by atoms with Crippen LogP contribution in [0, 0.1) is 0 Å². The molecule has 0 fully saturated rings. The number of fused-ring (bicyclic) bond motifs is 1. The predicted molar refractivity (Wildman–Crippen MR) is 76.6 cm³/mol. The van der Waals surface area contributed by atoms with Gasteiger partial charge in [0, 0.05) is 23.2 Å². The molecule has 1 atom stereocenters. The Morgan fingerprint density at radius 1 is 1.50 bits per heavy atom. The van der Waals surface area contributed by atoms with Crippen LogP contribution in [0.15, 0.2) is 22.9 Å². The second-order valence-corrected chi connectivity index (χ2v) is 5.81. The predicted octanol–water partition coefficient (Wildman–Crippen LogP) is 3.09. The van der Waals surface area contributed by atoms with E-state index in [1.54, 1.807) is 17.5 Å². The average Bonchev–Trinajstić information content (AvgIpc) is 3.12. The van der Waals surface area contributed by atoms with Gasteiger partial charge >= 0.3 is 5.97 Å². The van der Waals surface area contributed by atoms with Crippen molar-refractivity contribution in [1.29, 1.82) is 0 Å². The summed E-state index contributed by atoms with van der Waals surface area (Å²) < 4.78 is 6.63. The van der Waals surface area contributed by atoms with Gasteiger partial charge in [-0.05, 0) is 23.9 Å². The molecule has 0 saturated carbocycles. The summed E-state index contributed by atoms with van der Waals surface area (Å²) in [7, 11) is 1.37. The minimum Gasteiger partial charge on any atom is -0.469 e. The summed E-state index contributed by atoms with van der Waals surface area (Å²) in [6.45, 7) is 0.604. The monoisotopic (exact) mass is 309 g/mol. The van der Waals surface area contributed by atoms with Crippen molar-refractivity contribution >= 4 is 34.7 Å². The van der Waals surface area contributed by atoms with Crippen molar-refractivity contribution in [2.45, 2.75) is 18.9 Å². The Balaban J connectivity index is 2.03. The largest absolute Gasteiger partial charge is 0.469 e. The summed E-state index contributed by atoms with van der Waals surface area (Å²) in [6, 6.07) is 3.48. The van der Waals surface area contributed by atoms with Gasteiger partial charge in [0.25, 0.3) is 0 Å². The van der Waals surface area contributed by atoms with Crippen molar-refractivity contribution < 1.29 is 14.3 Å². The van der Waals surface area contributed by atoms with E-state index in [-0.39, 0.29) is 17.7 Å². The molecule has 3 rings (SSSR count). The average molecular weight is 310 g/mol. The molecule has 4 nitrogen and oxygen atoms in total. The molecule has 104 valence electrons. The smallest absolute Gasteiger partial charge is 0.314 e. The Bertz CT molecular complexity index is 675. The van der Waals surface area contributed by atoms with Gasteiger partial charge in [-0.25, -0.2) is 0 Å². The molecule has 2 aromatic heterocycles. The third-order valence-corrected chi connectivity index (χ3v) is 4.54. The van der Waals surface area contributed by atoms with Gasteiger partial charge in [-0.3, -0.25) is 9.59 Å². The number of halogens is 1. The highest BCUT2D eigenvalue weighted by Crippen LogP contribution is 2.36. The fraction of sp³-hybridized carbons (Fsp3) is 0.286. The van der Waals surface area contributed by atoms with E-state index in [0.717, 1.165) is 5.69 Å². The van der Waals surface area contributed by atoms with E-state index in [0.29, 0.717) is 29.2 Å². The fourth-order valence-electron chi connectivity index (χ4n) is 2.61. The number of ketones is 1. The molecule has 0 spiro atoms. The first kappa shape index (κ1) is 13.4. The Morgan fingerprint density at radius 2 is 2.30 bits per heavy atom. The third kappa shape index (κ3) is 1.98. The van der Waals surface area contributed by atoms with Crippen LogP contribution in [0.5, 0.6) is 0 Å². The molecule has 2 aromatic rings. The molecule has 1 aliphatic heterocycles. The van der Waals surface area contributed by atoms with Crippen LogP contribution < -0.4 is 0 Å². The molecule has 20 heavy (non-hydrogen) atoms. The lowest BCUT2D eigenvalue weighted by Gasteiger charge is -2.06. The lowest BCUT2D eigenvalue weighted by molar-refractivity contribution is -0.142. The molecule has 0 aliphatic carbocycles. The van der Waals surface area contributed by atoms with Crippen LogP contribution in [0.1, 0.15) is 34.1 Å². The van der Waals surface area contributed by atoms with Gasteiger partial charge < -0.3 is 9.30 Å². The van der Waals surface area contributed by atoms with Gasteiger partial charge in [-0.1, -0.05) is 11.6 Å². The normalized spacial score (nSPS) is 17.0. The van der Waals surface area contributed by atoms with Gasteiger partial charge in [0.2, 0.25) is 5.78 Å². The molecule has 1 aliphatic rings. The van der Waals surface area contributed by atoms with E-state index in [1.165, 1.54) is 18.4 Å². The van der Waals surface area contributed by atoms with E-state index in [1.807, 2.05) is 9.95 Å². The zero-order valence-electron chi connectivity index (χ0n) is 10.8. The molecule has 0 aromatic carbocycles. The molecular weight excluding hydrogens is 298 g/mol. The molecule has 0 radical (unpaired) electrons. The molecule has 0 bridgehead atoms. The zero-order chi connectivity index (χ0) is 14.3. The highest BCUT2D eigenvalue weighted by molar-refractivity contribution is 7.08. The highest BCUT2D eigenvalue weighted by Gasteiger charge is 2.34. The van der Waals surface area contributed by atoms with Gasteiger partial charge in [-0.15, -0.1) is 0 Å². The molecule has 6 heteroatoms. The van der Waals surface area contributed by atoms with Crippen LogP contribution in [0.3, 0.4) is 0 Å². The number of thiophene rings is 1. The number of esters is 1. The Kier molecular flexibility index (Phi) is 3.40. The molecule has 3 heterocycles. The van der Waals surface area contributed by atoms with Gasteiger partial charge in [0.05, 0.1) is 18.1 Å². The van der Waals surface area contributed by atoms with Crippen molar-refractivity contribution in [3.8, 4) is 0 Å². The fourth-order valence-corrected chi connectivity index (χ4v) is 3.55. The standard InChI is InChI=1S/C14H12ClNO3S/c1-19-14(18)9-2-4-16-11(9)6-10(15)12(16)13(17)8-3-5-20-7-8/h3,5-7,9H,2,4H2,1H3. The Hall–Kier alpha value is -1.59. The van der Waals surface area contributed by atoms with E-state index < -0.39 is 0 Å². The molecule has 0 N–H and O–H groups in total. The summed E-state index contributed by atoms with van der Waals surface area (Å²) >= 11 is 7.66. The van der Waals surface area contributed by atoms with Gasteiger partial charge in [0.15, 0.2) is 0 Å². The minimum absolute atomic E-state index is 0.104. The molecular formula is C14H12ClNO3S. The van der Waals surface area contributed by atoms with Crippen LogP contribution in [-0.2, 0) is 16.1 Å². The summed E-state index contributed by atoms with van der Waals surface area (Å²) in [4.78, 5) is 24.2. The van der Waals surface area contributed by atoms with Crippen LogP contribution in [-0.4, -0.2) is 23.4 Å². The van der Waals surface area contributed by atoms with Gasteiger partial charge in [0.1, 0.15) is 5.69 Å². The van der Waals surface area contributed by atoms with Crippen molar-refractivity contribution in [1.82, 2.24) is 4.57 Å². The van der Waals surface area contributed by atoms with Gasteiger partial charge in [-0.2, -0.15) is 11.3 Å². The number of nitrogens with zero attached hydrogens (tertiary/aromatic N) is 1. The SMILES string of the molecule is COC(=O)C1CCn2c1cc(Cl)c2C(=O)c1ccsc1. The number of aromatic nitrogens is 1. The number of carbonyl (C=O) groups excluding carboxylic acids is 2. The van der Waals surface area contributed by atoms with E-state index in [2.05, 4.69) is 0 Å². The Morgan fingerprint density at radius 3 is 2.95 bits per heavy atom. The summed E-state index contributed by atoms with van der Waals surface area (Å²) in [5.41, 5.74) is 1.85. The number of ether oxygens (including phenoxy) is 1. The van der Waals surface area contributed by atoms with E-state index >= 15 is 0 Å². The number of hydrogen-bond donors (Lipinski definition) is 0. The number of hydrogen-bond acceptors (Lipinski definition) is 4. The lowest BCUT2D eigenvalue weighted by atomic mass is 10.1. The maximum Gasteiger partial charge on any atom is 0.314 e. The second kappa shape index (κ2) is 5.07. The highest BCUT2D eigenvalue weighted by atomic mass is 35.5. The molecule has 0 saturated heterocycles. The van der Waals surface area contributed by atoms with Crippen molar-refractivity contribution in [3.05, 3.63) is 44.9 Å². The first-order chi connectivity index (χ1) is 9.63. The van der Waals surface area contributed by atoms with Crippen LogP contribution in [0.4, 0.5) is 0 Å². The molecule has 0 amide bonds. The maximum absolute atomic E-state index is 12.5. The number of carbonyl (C=O) groups is 2. The quantitative estimate of drug-likeness (QED) is 0.646. The zero-order valence-corrected chi connectivity index (χ0v) is 12.3. The van der Waals surface area contributed by atoms with Crippen LogP contribution >= 0.6 is 22.9 Å². The number of methoxy groups -OCH3 is 1. The maximum atomic E-state index is 12.5. The number of rotatable bonds is 3. The van der Waals surface area contributed by atoms with Crippen molar-refractivity contribution in [2.24, 2.45) is 0 Å².